The Balaban J connectivity index is 2.40. The van der Waals surface area contributed by atoms with E-state index >= 15 is 0 Å². The predicted molar refractivity (Wildman–Crippen MR) is 86.7 cm³/mol. The molecule has 1 heterocycles. The Morgan fingerprint density at radius 2 is 2.00 bits per heavy atom. The molecule has 3 nitrogen and oxygen atoms in total. The number of aromatic nitrogens is 1. The van der Waals surface area contributed by atoms with Gasteiger partial charge in [0.15, 0.2) is 0 Å². The molecule has 0 aliphatic heterocycles. The summed E-state index contributed by atoms with van der Waals surface area (Å²) in [5.41, 5.74) is 3.44. The second kappa shape index (κ2) is 7.79. The van der Waals surface area contributed by atoms with Crippen LogP contribution in [0.2, 0.25) is 0 Å². The first kappa shape index (κ1) is 15.5. The van der Waals surface area contributed by atoms with Gasteiger partial charge in [-0.25, -0.2) is 0 Å². The minimum atomic E-state index is 0.134. The Morgan fingerprint density at radius 1 is 1.19 bits per heavy atom. The number of nitrogens with one attached hydrogen (secondary N) is 1. The fourth-order valence-electron chi connectivity index (χ4n) is 2.45. The zero-order chi connectivity index (χ0) is 15.1. The summed E-state index contributed by atoms with van der Waals surface area (Å²) in [5.74, 6) is 0.947. The van der Waals surface area contributed by atoms with Gasteiger partial charge in [-0.1, -0.05) is 25.1 Å². The first-order valence-electron chi connectivity index (χ1n) is 7.64. The summed E-state index contributed by atoms with van der Waals surface area (Å²) in [6.07, 6.45) is 2.96. The Morgan fingerprint density at radius 3 is 2.71 bits per heavy atom. The van der Waals surface area contributed by atoms with Crippen LogP contribution in [0.4, 0.5) is 0 Å². The molecule has 0 fully saturated rings. The number of benzene rings is 1. The van der Waals surface area contributed by atoms with Crippen molar-refractivity contribution in [2.75, 3.05) is 13.2 Å². The minimum Gasteiger partial charge on any atom is -0.494 e. The number of hydrogen-bond donors (Lipinski definition) is 1. The molecule has 0 saturated heterocycles. The number of pyridine rings is 1. The Kier molecular flexibility index (Phi) is 5.76. The van der Waals surface area contributed by atoms with Crippen LogP contribution in [0.15, 0.2) is 42.6 Å². The molecule has 2 rings (SSSR count). The maximum atomic E-state index is 5.79. The van der Waals surface area contributed by atoms with Crippen LogP contribution in [-0.2, 0) is 0 Å². The highest BCUT2D eigenvalue weighted by molar-refractivity contribution is 5.41. The average Bonchev–Trinajstić information content (AvgIpc) is 2.49. The second-order valence-corrected chi connectivity index (χ2v) is 5.09. The number of aryl methyl sites for hydroxylation is 1. The van der Waals surface area contributed by atoms with Crippen molar-refractivity contribution in [2.45, 2.75) is 33.2 Å². The third-order valence-corrected chi connectivity index (χ3v) is 3.38. The van der Waals surface area contributed by atoms with Gasteiger partial charge in [-0.3, -0.25) is 4.98 Å². The van der Waals surface area contributed by atoms with Crippen molar-refractivity contribution in [3.63, 3.8) is 0 Å². The second-order valence-electron chi connectivity index (χ2n) is 5.09. The van der Waals surface area contributed by atoms with Crippen LogP contribution < -0.4 is 10.1 Å². The summed E-state index contributed by atoms with van der Waals surface area (Å²) in [7, 11) is 0. The molecular formula is C18H24N2O. The average molecular weight is 284 g/mol. The van der Waals surface area contributed by atoms with Crippen molar-refractivity contribution in [1.29, 1.82) is 0 Å². The highest BCUT2D eigenvalue weighted by Crippen LogP contribution is 2.30. The lowest BCUT2D eigenvalue weighted by Crippen LogP contribution is -2.24. The Hall–Kier alpha value is -1.87. The van der Waals surface area contributed by atoms with Gasteiger partial charge in [0, 0.05) is 17.5 Å². The number of rotatable bonds is 7. The van der Waals surface area contributed by atoms with Crippen LogP contribution >= 0.6 is 0 Å². The summed E-state index contributed by atoms with van der Waals surface area (Å²) in [6, 6.07) is 12.6. The van der Waals surface area contributed by atoms with Crippen LogP contribution in [0.25, 0.3) is 0 Å². The number of hydrogen-bond acceptors (Lipinski definition) is 3. The zero-order valence-corrected chi connectivity index (χ0v) is 13.1. The van der Waals surface area contributed by atoms with Crippen molar-refractivity contribution in [2.24, 2.45) is 0 Å². The fourth-order valence-corrected chi connectivity index (χ4v) is 2.45. The lowest BCUT2D eigenvalue weighted by molar-refractivity contribution is 0.333. The quantitative estimate of drug-likeness (QED) is 0.838. The van der Waals surface area contributed by atoms with E-state index in [9.17, 15) is 0 Å². The molecule has 21 heavy (non-hydrogen) atoms. The summed E-state index contributed by atoms with van der Waals surface area (Å²) >= 11 is 0. The van der Waals surface area contributed by atoms with E-state index in [1.54, 1.807) is 0 Å². The summed E-state index contributed by atoms with van der Waals surface area (Å²) in [5, 5.41) is 3.62. The molecule has 0 aliphatic rings. The van der Waals surface area contributed by atoms with E-state index in [1.165, 1.54) is 11.1 Å². The van der Waals surface area contributed by atoms with Crippen LogP contribution in [0.5, 0.6) is 5.75 Å². The standard InChI is InChI=1S/C18H24N2O/c1-4-11-20-18(15-10-12-19-14(3)13-15)16-8-6-7-9-17(16)21-5-2/h6-10,12-13,18,20H,4-5,11H2,1-3H3. The highest BCUT2D eigenvalue weighted by Gasteiger charge is 2.17. The zero-order valence-electron chi connectivity index (χ0n) is 13.1. The predicted octanol–water partition coefficient (Wildman–Crippen LogP) is 3.88. The lowest BCUT2D eigenvalue weighted by Gasteiger charge is -2.22. The molecule has 112 valence electrons. The molecule has 1 aromatic heterocycles. The fraction of sp³-hybridized carbons (Fsp3) is 0.389. The van der Waals surface area contributed by atoms with Crippen LogP contribution in [-0.4, -0.2) is 18.1 Å². The van der Waals surface area contributed by atoms with Gasteiger partial charge in [0.05, 0.1) is 12.6 Å². The molecule has 1 aromatic carbocycles. The Labute approximate surface area is 127 Å². The van der Waals surface area contributed by atoms with Crippen molar-refractivity contribution < 1.29 is 4.74 Å². The van der Waals surface area contributed by atoms with Gasteiger partial charge >= 0.3 is 0 Å². The topological polar surface area (TPSA) is 34.2 Å². The monoisotopic (exact) mass is 284 g/mol. The molecule has 1 N–H and O–H groups in total. The lowest BCUT2D eigenvalue weighted by atomic mass is 9.98. The van der Waals surface area contributed by atoms with E-state index in [1.807, 2.05) is 32.2 Å². The highest BCUT2D eigenvalue weighted by atomic mass is 16.5. The third-order valence-electron chi connectivity index (χ3n) is 3.38. The first-order valence-corrected chi connectivity index (χ1v) is 7.64. The van der Waals surface area contributed by atoms with E-state index < -0.39 is 0 Å². The molecule has 2 aromatic rings. The number of ether oxygens (including phenoxy) is 1. The van der Waals surface area contributed by atoms with Crippen molar-refractivity contribution in [1.82, 2.24) is 10.3 Å². The van der Waals surface area contributed by atoms with Gasteiger partial charge in [0.1, 0.15) is 5.75 Å². The summed E-state index contributed by atoms with van der Waals surface area (Å²) < 4.78 is 5.79. The van der Waals surface area contributed by atoms with Crippen molar-refractivity contribution in [3.05, 3.63) is 59.4 Å². The normalized spacial score (nSPS) is 12.1. The van der Waals surface area contributed by atoms with E-state index in [4.69, 9.17) is 4.74 Å². The third kappa shape index (κ3) is 4.05. The Bertz CT molecular complexity index is 569. The van der Waals surface area contributed by atoms with Crippen molar-refractivity contribution in [3.8, 4) is 5.75 Å². The SMILES string of the molecule is CCCNC(c1ccnc(C)c1)c1ccccc1OCC. The van der Waals surface area contributed by atoms with Crippen LogP contribution in [0.3, 0.4) is 0 Å². The maximum absolute atomic E-state index is 5.79. The molecule has 0 amide bonds. The number of para-hydroxylation sites is 1. The minimum absolute atomic E-state index is 0.134. The summed E-state index contributed by atoms with van der Waals surface area (Å²) in [6.45, 7) is 7.85. The van der Waals surface area contributed by atoms with E-state index in [0.29, 0.717) is 6.61 Å². The number of nitrogens with zero attached hydrogens (tertiary/aromatic N) is 1. The molecule has 0 aliphatic carbocycles. The van der Waals surface area contributed by atoms with E-state index in [-0.39, 0.29) is 6.04 Å². The largest absolute Gasteiger partial charge is 0.494 e. The van der Waals surface area contributed by atoms with Crippen molar-refractivity contribution >= 4 is 0 Å². The molecule has 1 unspecified atom stereocenters. The first-order chi connectivity index (χ1) is 10.3. The molecule has 3 heteroatoms. The maximum Gasteiger partial charge on any atom is 0.124 e. The van der Waals surface area contributed by atoms with Gasteiger partial charge in [-0.05, 0) is 50.6 Å². The molecule has 0 bridgehead atoms. The van der Waals surface area contributed by atoms with E-state index in [0.717, 1.165) is 24.4 Å². The molecule has 0 saturated carbocycles. The molecular weight excluding hydrogens is 260 g/mol. The van der Waals surface area contributed by atoms with Crippen LogP contribution in [0.1, 0.15) is 43.1 Å². The smallest absolute Gasteiger partial charge is 0.124 e. The molecule has 0 spiro atoms. The van der Waals surface area contributed by atoms with Gasteiger partial charge in [-0.2, -0.15) is 0 Å². The molecule has 1 atom stereocenters. The van der Waals surface area contributed by atoms with Gasteiger partial charge in [0.2, 0.25) is 0 Å². The van der Waals surface area contributed by atoms with Gasteiger partial charge in [0.25, 0.3) is 0 Å². The van der Waals surface area contributed by atoms with Gasteiger partial charge < -0.3 is 10.1 Å². The summed E-state index contributed by atoms with van der Waals surface area (Å²) in [4.78, 5) is 4.30. The molecule has 0 radical (unpaired) electrons. The van der Waals surface area contributed by atoms with Crippen LogP contribution in [0, 0.1) is 6.92 Å². The van der Waals surface area contributed by atoms with E-state index in [2.05, 4.69) is 41.5 Å². The van der Waals surface area contributed by atoms with Gasteiger partial charge in [-0.15, -0.1) is 0 Å².